The third-order valence-electron chi connectivity index (χ3n) is 6.75. The molecule has 3 aromatic heterocycles. The van der Waals surface area contributed by atoms with Gasteiger partial charge in [0, 0.05) is 60.1 Å². The lowest BCUT2D eigenvalue weighted by Gasteiger charge is -2.39. The molecule has 4 aromatic rings. The topological polar surface area (TPSA) is 119 Å². The second-order valence-corrected chi connectivity index (χ2v) is 8.64. The summed E-state index contributed by atoms with van der Waals surface area (Å²) in [6.45, 7) is -0.814. The Kier molecular flexibility index (Phi) is 3.65. The van der Waals surface area contributed by atoms with Crippen LogP contribution in [-0.4, -0.2) is 54.1 Å². The number of anilines is 2. The number of carbonyl (C=O) groups is 1. The summed E-state index contributed by atoms with van der Waals surface area (Å²) in [5.74, 6) is 0.0574. The zero-order valence-corrected chi connectivity index (χ0v) is 18.0. The molecule has 33 heavy (non-hydrogen) atoms. The predicted molar refractivity (Wildman–Crippen MR) is 125 cm³/mol. The van der Waals surface area contributed by atoms with E-state index in [1.165, 1.54) is 12.4 Å². The second kappa shape index (κ2) is 7.14. The Morgan fingerprint density at radius 1 is 1.27 bits per heavy atom. The first-order valence-electron chi connectivity index (χ1n) is 12.2. The van der Waals surface area contributed by atoms with Crippen molar-refractivity contribution in [2.45, 2.75) is 24.4 Å². The summed E-state index contributed by atoms with van der Waals surface area (Å²) in [5.41, 5.74) is 8.29. The van der Waals surface area contributed by atoms with Gasteiger partial charge in [0.2, 0.25) is 11.8 Å². The van der Waals surface area contributed by atoms with Crippen LogP contribution in [0.5, 0.6) is 0 Å². The third-order valence-corrected chi connectivity index (χ3v) is 6.75. The Labute approximate surface area is 194 Å². The lowest BCUT2D eigenvalue weighted by molar-refractivity contribution is -0.120. The van der Waals surface area contributed by atoms with Gasteiger partial charge in [0.1, 0.15) is 11.3 Å². The molecule has 0 unspecified atom stereocenters. The van der Waals surface area contributed by atoms with Gasteiger partial charge in [0.05, 0.1) is 22.8 Å². The highest BCUT2D eigenvalue weighted by Gasteiger charge is 2.51. The zero-order chi connectivity index (χ0) is 25.2. The van der Waals surface area contributed by atoms with Crippen molar-refractivity contribution in [2.75, 3.05) is 37.4 Å². The standard InChI is InChI=1S/C24H24N6O3/c1-26-21-16-9-27-20(24(5-6-24)23(25)31)8-15(16)17(10-28-21)22-29-18-7-13(3-4-19(18)33-22)30-11-14(12-30)32-2/h3-4,7-10,14H,5-6,11-12H2,1-2H3,(H2,25,31)(H,26,28)/i1D3. The molecule has 3 N–H and O–H groups in total. The Bertz CT molecular complexity index is 1510. The molecule has 1 aliphatic carbocycles. The molecule has 2 fully saturated rings. The van der Waals surface area contributed by atoms with Gasteiger partial charge in [-0.15, -0.1) is 0 Å². The number of aromatic nitrogens is 3. The maximum absolute atomic E-state index is 12.1. The van der Waals surface area contributed by atoms with Crippen LogP contribution in [0.1, 0.15) is 22.6 Å². The van der Waals surface area contributed by atoms with Crippen LogP contribution >= 0.6 is 0 Å². The van der Waals surface area contributed by atoms with Crippen LogP contribution in [0, 0.1) is 0 Å². The molecule has 6 rings (SSSR count). The number of pyridine rings is 2. The summed E-state index contributed by atoms with van der Waals surface area (Å²) < 4.78 is 34.2. The van der Waals surface area contributed by atoms with Crippen LogP contribution in [0.15, 0.2) is 41.1 Å². The van der Waals surface area contributed by atoms with E-state index in [9.17, 15) is 4.79 Å². The van der Waals surface area contributed by atoms with Gasteiger partial charge in [-0.25, -0.2) is 9.97 Å². The van der Waals surface area contributed by atoms with Gasteiger partial charge in [-0.3, -0.25) is 9.78 Å². The van der Waals surface area contributed by atoms with Gasteiger partial charge in [-0.05, 0) is 37.1 Å². The number of amides is 1. The molecule has 0 atom stereocenters. The molecular weight excluding hydrogens is 420 g/mol. The summed E-state index contributed by atoms with van der Waals surface area (Å²) in [6, 6.07) is 7.59. The lowest BCUT2D eigenvalue weighted by Crippen LogP contribution is -2.51. The maximum Gasteiger partial charge on any atom is 0.229 e. The van der Waals surface area contributed by atoms with Gasteiger partial charge >= 0.3 is 0 Å². The average molecular weight is 448 g/mol. The van der Waals surface area contributed by atoms with Crippen LogP contribution in [-0.2, 0) is 14.9 Å². The van der Waals surface area contributed by atoms with E-state index in [1.54, 1.807) is 13.2 Å². The van der Waals surface area contributed by atoms with Crippen molar-refractivity contribution in [3.63, 3.8) is 0 Å². The smallest absolute Gasteiger partial charge is 0.229 e. The first-order chi connectivity index (χ1) is 17.2. The molecular formula is C24H24N6O3. The lowest BCUT2D eigenvalue weighted by atomic mass is 9.98. The number of methoxy groups -OCH3 is 1. The summed E-state index contributed by atoms with van der Waals surface area (Å²) >= 11 is 0. The highest BCUT2D eigenvalue weighted by atomic mass is 16.5. The Hall–Kier alpha value is -3.72. The molecule has 1 aliphatic heterocycles. The fraction of sp³-hybridized carbons (Fsp3) is 0.333. The highest BCUT2D eigenvalue weighted by Crippen LogP contribution is 2.48. The number of hydrogen-bond donors (Lipinski definition) is 2. The molecule has 9 heteroatoms. The number of carbonyl (C=O) groups excluding carboxylic acids is 1. The minimum atomic E-state index is -2.45. The van der Waals surface area contributed by atoms with Crippen LogP contribution in [0.3, 0.4) is 0 Å². The largest absolute Gasteiger partial charge is 0.436 e. The van der Waals surface area contributed by atoms with E-state index >= 15 is 0 Å². The number of rotatable bonds is 6. The number of ether oxygens (including phenoxy) is 1. The van der Waals surface area contributed by atoms with Gasteiger partial charge < -0.3 is 25.1 Å². The van der Waals surface area contributed by atoms with Crippen molar-refractivity contribution in [3.05, 3.63) is 42.4 Å². The molecule has 0 spiro atoms. The van der Waals surface area contributed by atoms with Crippen LogP contribution in [0.4, 0.5) is 11.5 Å². The number of primary amides is 1. The van der Waals surface area contributed by atoms with E-state index in [0.717, 1.165) is 18.8 Å². The molecule has 1 saturated carbocycles. The van der Waals surface area contributed by atoms with Crippen molar-refractivity contribution >= 4 is 39.3 Å². The average Bonchev–Trinajstić information content (AvgIpc) is 3.51. The number of nitrogens with one attached hydrogen (secondary N) is 1. The monoisotopic (exact) mass is 447 g/mol. The van der Waals surface area contributed by atoms with Gasteiger partial charge in [-0.1, -0.05) is 0 Å². The van der Waals surface area contributed by atoms with Crippen LogP contribution in [0.25, 0.3) is 33.3 Å². The molecule has 0 radical (unpaired) electrons. The Morgan fingerprint density at radius 3 is 2.85 bits per heavy atom. The van der Waals surface area contributed by atoms with E-state index in [4.69, 9.17) is 24.0 Å². The molecule has 168 valence electrons. The number of nitrogens with two attached hydrogens (primary N) is 1. The van der Waals surface area contributed by atoms with Crippen molar-refractivity contribution in [1.29, 1.82) is 0 Å². The number of hydrogen-bond acceptors (Lipinski definition) is 8. The summed E-state index contributed by atoms with van der Waals surface area (Å²) in [7, 11) is 1.71. The first kappa shape index (κ1) is 16.8. The summed E-state index contributed by atoms with van der Waals surface area (Å²) in [6.07, 6.45) is 4.51. The Morgan fingerprint density at radius 2 is 2.12 bits per heavy atom. The van der Waals surface area contributed by atoms with Crippen molar-refractivity contribution in [3.8, 4) is 11.5 Å². The van der Waals surface area contributed by atoms with E-state index < -0.39 is 18.3 Å². The number of fused-ring (bicyclic) bond motifs is 2. The molecule has 1 saturated heterocycles. The van der Waals surface area contributed by atoms with Crippen LogP contribution in [0.2, 0.25) is 0 Å². The summed E-state index contributed by atoms with van der Waals surface area (Å²) in [4.78, 5) is 27.9. The van der Waals surface area contributed by atoms with Crippen molar-refractivity contribution in [1.82, 2.24) is 15.0 Å². The number of oxazole rings is 1. The molecule has 9 nitrogen and oxygen atoms in total. The van der Waals surface area contributed by atoms with Crippen molar-refractivity contribution < 1.29 is 18.1 Å². The predicted octanol–water partition coefficient (Wildman–Crippen LogP) is 2.83. The van der Waals surface area contributed by atoms with Gasteiger partial charge in [0.25, 0.3) is 0 Å². The maximum atomic E-state index is 12.1. The van der Waals surface area contributed by atoms with Crippen LogP contribution < -0.4 is 16.0 Å². The van der Waals surface area contributed by atoms with Gasteiger partial charge in [0.15, 0.2) is 5.58 Å². The number of benzene rings is 1. The SMILES string of the molecule is [2H]C([2H])([2H])Nc1ncc(-c2nc3cc(N4CC(OC)C4)ccc3o2)c2cc(C3(C(N)=O)CC3)ncc12. The summed E-state index contributed by atoms with van der Waals surface area (Å²) in [5, 5.41) is 3.55. The van der Waals surface area contributed by atoms with Crippen molar-refractivity contribution in [2.24, 2.45) is 5.73 Å². The second-order valence-electron chi connectivity index (χ2n) is 8.64. The van der Waals surface area contributed by atoms with Gasteiger partial charge in [-0.2, -0.15) is 0 Å². The van der Waals surface area contributed by atoms with E-state index in [1.807, 2.05) is 18.2 Å². The highest BCUT2D eigenvalue weighted by molar-refractivity contribution is 6.02. The Balaban J connectivity index is 1.46. The fourth-order valence-corrected chi connectivity index (χ4v) is 4.45. The quantitative estimate of drug-likeness (QED) is 0.463. The fourth-order valence-electron chi connectivity index (χ4n) is 4.45. The van der Waals surface area contributed by atoms with E-state index in [2.05, 4.69) is 20.2 Å². The number of nitrogens with zero attached hydrogens (tertiary/aromatic N) is 4. The molecule has 1 amide bonds. The van der Waals surface area contributed by atoms with E-state index in [-0.39, 0.29) is 11.9 Å². The third kappa shape index (κ3) is 3.03. The minimum absolute atomic E-state index is 0.153. The molecule has 2 aliphatic rings. The molecule has 0 bridgehead atoms. The normalized spacial score (nSPS) is 19.1. The molecule has 1 aromatic carbocycles. The minimum Gasteiger partial charge on any atom is -0.436 e. The zero-order valence-electron chi connectivity index (χ0n) is 21.0. The molecule has 4 heterocycles. The first-order valence-corrected chi connectivity index (χ1v) is 10.7. The van der Waals surface area contributed by atoms with E-state index in [0.29, 0.717) is 51.9 Å².